The Morgan fingerprint density at radius 1 is 0.552 bits per heavy atom. The largest absolute Gasteiger partial charge is 0.0616 e. The van der Waals surface area contributed by atoms with Crippen LogP contribution in [-0.4, -0.2) is 0 Å². The van der Waals surface area contributed by atoms with Crippen LogP contribution in [0, 0.1) is 6.07 Å². The van der Waals surface area contributed by atoms with Crippen molar-refractivity contribution in [2.45, 2.75) is 18.8 Å². The Morgan fingerprint density at radius 2 is 1.17 bits per heavy atom. The summed E-state index contributed by atoms with van der Waals surface area (Å²) in [6, 6.07) is 42.5. The Labute approximate surface area is 172 Å². The lowest BCUT2D eigenvalue weighted by Crippen LogP contribution is -2.08. The molecule has 29 heavy (non-hydrogen) atoms. The summed E-state index contributed by atoms with van der Waals surface area (Å²) in [5.74, 6) is 0.411. The van der Waals surface area contributed by atoms with E-state index in [9.17, 15) is 0 Å². The molecular weight excluding hydrogens is 348 g/mol. The highest BCUT2D eigenvalue weighted by atomic mass is 14.2. The first-order valence-electron chi connectivity index (χ1n) is 10.3. The van der Waals surface area contributed by atoms with E-state index in [2.05, 4.69) is 103 Å². The Bertz CT molecular complexity index is 1240. The van der Waals surface area contributed by atoms with Crippen molar-refractivity contribution >= 4 is 21.5 Å². The first kappa shape index (κ1) is 17.7. The number of hydrogen-bond acceptors (Lipinski definition) is 0. The average molecular weight is 372 g/mol. The van der Waals surface area contributed by atoms with E-state index in [4.69, 9.17) is 0 Å². The molecule has 0 fully saturated rings. The van der Waals surface area contributed by atoms with Gasteiger partial charge >= 0.3 is 0 Å². The third kappa shape index (κ3) is 3.67. The second kappa shape index (κ2) is 7.93. The van der Waals surface area contributed by atoms with Crippen molar-refractivity contribution in [2.75, 3.05) is 0 Å². The second-order valence-electron chi connectivity index (χ2n) is 7.72. The molecule has 0 spiro atoms. The van der Waals surface area contributed by atoms with Gasteiger partial charge in [0.25, 0.3) is 0 Å². The van der Waals surface area contributed by atoms with E-state index in [-0.39, 0.29) is 0 Å². The zero-order valence-corrected chi connectivity index (χ0v) is 16.4. The molecule has 0 heterocycles. The minimum absolute atomic E-state index is 0.411. The molecule has 0 aliphatic heterocycles. The van der Waals surface area contributed by atoms with E-state index in [0.717, 1.165) is 12.8 Å². The molecule has 0 bridgehead atoms. The molecule has 0 aromatic heterocycles. The molecule has 0 saturated heterocycles. The van der Waals surface area contributed by atoms with Crippen molar-refractivity contribution in [1.29, 1.82) is 0 Å². The van der Waals surface area contributed by atoms with Crippen molar-refractivity contribution in [1.82, 2.24) is 0 Å². The van der Waals surface area contributed by atoms with Gasteiger partial charge in [0.05, 0.1) is 0 Å². The molecule has 0 N–H and O–H groups in total. The normalized spacial score (nSPS) is 12.3. The summed E-state index contributed by atoms with van der Waals surface area (Å²) < 4.78 is 0. The van der Waals surface area contributed by atoms with Crippen LogP contribution < -0.4 is 0 Å². The minimum Gasteiger partial charge on any atom is -0.0616 e. The monoisotopic (exact) mass is 371 g/mol. The SMILES string of the molecule is [c]1ccc(CC(Cc2cccc3ccccc23)c2cccc3ccccc23)cc1. The topological polar surface area (TPSA) is 0 Å². The summed E-state index contributed by atoms with van der Waals surface area (Å²) in [5, 5.41) is 5.36. The van der Waals surface area contributed by atoms with Crippen molar-refractivity contribution in [2.24, 2.45) is 0 Å². The molecule has 5 aromatic rings. The van der Waals surface area contributed by atoms with E-state index in [1.807, 2.05) is 12.1 Å². The lowest BCUT2D eigenvalue weighted by atomic mass is 9.83. The van der Waals surface area contributed by atoms with Crippen LogP contribution in [0.3, 0.4) is 0 Å². The maximum absolute atomic E-state index is 3.15. The summed E-state index contributed by atoms with van der Waals surface area (Å²) in [6.45, 7) is 0. The van der Waals surface area contributed by atoms with Gasteiger partial charge in [-0.25, -0.2) is 0 Å². The molecule has 1 atom stereocenters. The molecule has 0 saturated carbocycles. The van der Waals surface area contributed by atoms with E-state index in [1.165, 1.54) is 38.2 Å². The highest BCUT2D eigenvalue weighted by molar-refractivity contribution is 5.87. The summed E-state index contributed by atoms with van der Waals surface area (Å²) in [4.78, 5) is 0. The molecule has 0 heteroatoms. The first-order valence-corrected chi connectivity index (χ1v) is 10.3. The number of fused-ring (bicyclic) bond motifs is 2. The van der Waals surface area contributed by atoms with Crippen LogP contribution >= 0.6 is 0 Å². The minimum atomic E-state index is 0.411. The second-order valence-corrected chi connectivity index (χ2v) is 7.72. The zero-order chi connectivity index (χ0) is 19.5. The van der Waals surface area contributed by atoms with Crippen LogP contribution in [-0.2, 0) is 12.8 Å². The first-order chi connectivity index (χ1) is 14.4. The fraction of sp³-hybridized carbons (Fsp3) is 0.103. The maximum atomic E-state index is 3.15. The fourth-order valence-corrected chi connectivity index (χ4v) is 4.48. The summed E-state index contributed by atoms with van der Waals surface area (Å²) in [6.07, 6.45) is 2.04. The lowest BCUT2D eigenvalue weighted by molar-refractivity contribution is 0.688. The molecule has 1 radical (unpaired) electrons. The molecule has 0 nitrogen and oxygen atoms in total. The Morgan fingerprint density at radius 3 is 1.97 bits per heavy atom. The maximum Gasteiger partial charge on any atom is -0.00747 e. The van der Waals surface area contributed by atoms with Gasteiger partial charge in [-0.3, -0.25) is 0 Å². The van der Waals surface area contributed by atoms with Gasteiger partial charge in [0.1, 0.15) is 0 Å². The standard InChI is InChI=1S/C29H23/c1-2-10-22(11-3-1)20-26(29-19-9-15-24-13-5-7-18-28(24)29)21-25-16-8-14-23-12-4-6-17-27(23)25/h2-19,26H,20-21H2. The van der Waals surface area contributed by atoms with Crippen molar-refractivity contribution in [3.05, 3.63) is 132 Å². The molecule has 139 valence electrons. The van der Waals surface area contributed by atoms with Crippen LogP contribution in [0.5, 0.6) is 0 Å². The summed E-state index contributed by atoms with van der Waals surface area (Å²) >= 11 is 0. The number of rotatable bonds is 5. The molecule has 1 unspecified atom stereocenters. The third-order valence-corrected chi connectivity index (χ3v) is 5.88. The molecule has 5 aromatic carbocycles. The summed E-state index contributed by atoms with van der Waals surface area (Å²) in [7, 11) is 0. The van der Waals surface area contributed by atoms with Gasteiger partial charge in [0, 0.05) is 0 Å². The summed E-state index contributed by atoms with van der Waals surface area (Å²) in [5.41, 5.74) is 4.22. The van der Waals surface area contributed by atoms with Gasteiger partial charge in [-0.2, -0.15) is 0 Å². The smallest absolute Gasteiger partial charge is 0.00747 e. The Hall–Kier alpha value is -3.38. The van der Waals surface area contributed by atoms with Crippen LogP contribution in [0.1, 0.15) is 22.6 Å². The van der Waals surface area contributed by atoms with Crippen molar-refractivity contribution in [3.8, 4) is 0 Å². The van der Waals surface area contributed by atoms with E-state index in [0.29, 0.717) is 5.92 Å². The van der Waals surface area contributed by atoms with E-state index >= 15 is 0 Å². The van der Waals surface area contributed by atoms with Gasteiger partial charge in [0.2, 0.25) is 0 Å². The number of hydrogen-bond donors (Lipinski definition) is 0. The molecule has 0 amide bonds. The van der Waals surface area contributed by atoms with Gasteiger partial charge in [0.15, 0.2) is 0 Å². The van der Waals surface area contributed by atoms with Gasteiger partial charge in [-0.15, -0.1) is 0 Å². The molecular formula is C29H23. The molecule has 0 aliphatic rings. The molecule has 5 rings (SSSR count). The van der Waals surface area contributed by atoms with Crippen LogP contribution in [0.15, 0.2) is 109 Å². The highest BCUT2D eigenvalue weighted by Gasteiger charge is 2.17. The Kier molecular flexibility index (Phi) is 4.84. The van der Waals surface area contributed by atoms with Gasteiger partial charge < -0.3 is 0 Å². The number of benzene rings is 5. The van der Waals surface area contributed by atoms with E-state index in [1.54, 1.807) is 0 Å². The van der Waals surface area contributed by atoms with E-state index < -0.39 is 0 Å². The predicted molar refractivity (Wildman–Crippen MR) is 123 cm³/mol. The lowest BCUT2D eigenvalue weighted by Gasteiger charge is -2.21. The van der Waals surface area contributed by atoms with Crippen molar-refractivity contribution in [3.63, 3.8) is 0 Å². The van der Waals surface area contributed by atoms with Crippen LogP contribution in [0.4, 0.5) is 0 Å². The van der Waals surface area contributed by atoms with Crippen LogP contribution in [0.25, 0.3) is 21.5 Å². The third-order valence-electron chi connectivity index (χ3n) is 5.88. The van der Waals surface area contributed by atoms with Crippen LogP contribution in [0.2, 0.25) is 0 Å². The zero-order valence-electron chi connectivity index (χ0n) is 16.4. The molecule has 0 aliphatic carbocycles. The predicted octanol–water partition coefficient (Wildman–Crippen LogP) is 7.36. The fourth-order valence-electron chi connectivity index (χ4n) is 4.48. The Balaban J connectivity index is 1.62. The quantitative estimate of drug-likeness (QED) is 0.303. The average Bonchev–Trinajstić information content (AvgIpc) is 2.79. The van der Waals surface area contributed by atoms with Gasteiger partial charge in [-0.1, -0.05) is 109 Å². The van der Waals surface area contributed by atoms with Crippen molar-refractivity contribution < 1.29 is 0 Å². The van der Waals surface area contributed by atoms with Gasteiger partial charge in [-0.05, 0) is 63.1 Å². The highest BCUT2D eigenvalue weighted by Crippen LogP contribution is 2.33.